The molecule has 0 bridgehead atoms. The van der Waals surface area contributed by atoms with E-state index in [1.807, 2.05) is 0 Å². The number of nitrogens with one attached hydrogen (secondary N) is 1. The van der Waals surface area contributed by atoms with Gasteiger partial charge in [0.05, 0.1) is 0 Å². The molecule has 0 unspecified atom stereocenters. The molecule has 0 spiro atoms. The molecule has 104 valence electrons. The Morgan fingerprint density at radius 2 is 1.95 bits per heavy atom. The number of pyridine rings is 1. The number of benzene rings is 1. The Kier molecular flexibility index (Phi) is 4.40. The second-order valence-electron chi connectivity index (χ2n) is 4.48. The summed E-state index contributed by atoms with van der Waals surface area (Å²) in [5.74, 6) is -1.49. The molecular formula is C15H14F2N2O. The largest absolute Gasteiger partial charge is 0.350 e. The van der Waals surface area contributed by atoms with Gasteiger partial charge in [-0.3, -0.25) is 4.79 Å². The van der Waals surface area contributed by atoms with Crippen LogP contribution in [-0.4, -0.2) is 17.4 Å². The predicted molar refractivity (Wildman–Crippen MR) is 71.4 cm³/mol. The van der Waals surface area contributed by atoms with Gasteiger partial charge in [-0.25, -0.2) is 13.8 Å². The molecule has 1 aromatic heterocycles. The molecule has 0 fully saturated rings. The second kappa shape index (κ2) is 6.23. The van der Waals surface area contributed by atoms with Gasteiger partial charge < -0.3 is 5.32 Å². The van der Waals surface area contributed by atoms with Crippen molar-refractivity contribution in [1.82, 2.24) is 10.3 Å². The molecule has 2 aromatic rings. The molecule has 1 heterocycles. The molecule has 20 heavy (non-hydrogen) atoms. The van der Waals surface area contributed by atoms with E-state index in [0.29, 0.717) is 18.5 Å². The number of aromatic nitrogens is 1. The number of amides is 1. The normalized spacial score (nSPS) is 10.3. The van der Waals surface area contributed by atoms with Crippen LogP contribution in [0.2, 0.25) is 0 Å². The van der Waals surface area contributed by atoms with Crippen LogP contribution in [0.15, 0.2) is 36.5 Å². The number of carbonyl (C=O) groups is 1. The molecule has 3 nitrogen and oxygen atoms in total. The van der Waals surface area contributed by atoms with Crippen molar-refractivity contribution >= 4 is 5.91 Å². The maximum atomic E-state index is 13.5. The molecular weight excluding hydrogens is 262 g/mol. The Hall–Kier alpha value is -2.30. The van der Waals surface area contributed by atoms with E-state index in [4.69, 9.17) is 0 Å². The first kappa shape index (κ1) is 14.1. The highest BCUT2D eigenvalue weighted by Crippen LogP contribution is 2.06. The number of aryl methyl sites for hydroxylation is 1. The summed E-state index contributed by atoms with van der Waals surface area (Å²) >= 11 is 0. The minimum Gasteiger partial charge on any atom is -0.350 e. The van der Waals surface area contributed by atoms with Crippen LogP contribution in [0.3, 0.4) is 0 Å². The zero-order chi connectivity index (χ0) is 14.5. The lowest BCUT2D eigenvalue weighted by Crippen LogP contribution is -2.27. The van der Waals surface area contributed by atoms with Crippen molar-refractivity contribution in [2.24, 2.45) is 0 Å². The lowest BCUT2D eigenvalue weighted by molar-refractivity contribution is 0.0944. The minimum atomic E-state index is -0.635. The van der Waals surface area contributed by atoms with Crippen LogP contribution in [0, 0.1) is 18.6 Å². The summed E-state index contributed by atoms with van der Waals surface area (Å²) < 4.78 is 26.2. The molecule has 0 aliphatic carbocycles. The van der Waals surface area contributed by atoms with Gasteiger partial charge in [-0.05, 0) is 42.7 Å². The van der Waals surface area contributed by atoms with E-state index < -0.39 is 11.7 Å². The van der Waals surface area contributed by atoms with E-state index in [2.05, 4.69) is 10.3 Å². The van der Waals surface area contributed by atoms with Gasteiger partial charge in [-0.15, -0.1) is 0 Å². The van der Waals surface area contributed by atoms with Crippen molar-refractivity contribution in [2.45, 2.75) is 13.3 Å². The van der Waals surface area contributed by atoms with Crippen molar-refractivity contribution in [3.8, 4) is 0 Å². The number of halogens is 2. The molecule has 2 rings (SSSR count). The van der Waals surface area contributed by atoms with Gasteiger partial charge in [0, 0.05) is 12.7 Å². The van der Waals surface area contributed by atoms with E-state index in [1.54, 1.807) is 19.1 Å². The summed E-state index contributed by atoms with van der Waals surface area (Å²) in [7, 11) is 0. The minimum absolute atomic E-state index is 0.213. The third kappa shape index (κ3) is 3.60. The van der Waals surface area contributed by atoms with Crippen molar-refractivity contribution in [3.05, 3.63) is 65.0 Å². The van der Waals surface area contributed by atoms with Gasteiger partial charge in [-0.2, -0.15) is 0 Å². The molecule has 1 aromatic carbocycles. The van der Waals surface area contributed by atoms with Gasteiger partial charge in [-0.1, -0.05) is 12.1 Å². The summed E-state index contributed by atoms with van der Waals surface area (Å²) in [6, 6.07) is 7.27. The van der Waals surface area contributed by atoms with Crippen LogP contribution in [0.5, 0.6) is 0 Å². The van der Waals surface area contributed by atoms with Crippen molar-refractivity contribution in [2.75, 3.05) is 6.54 Å². The fraction of sp³-hybridized carbons (Fsp3) is 0.200. The van der Waals surface area contributed by atoms with Crippen molar-refractivity contribution < 1.29 is 13.6 Å². The highest BCUT2D eigenvalue weighted by Gasteiger charge is 2.12. The summed E-state index contributed by atoms with van der Waals surface area (Å²) in [4.78, 5) is 15.5. The molecule has 1 amide bonds. The molecule has 1 N–H and O–H groups in total. The number of rotatable bonds is 4. The summed E-state index contributed by atoms with van der Waals surface area (Å²) in [6.07, 6.45) is 1.98. The first-order valence-corrected chi connectivity index (χ1v) is 6.21. The maximum Gasteiger partial charge on any atom is 0.272 e. The zero-order valence-electron chi connectivity index (χ0n) is 11.0. The molecule has 0 aliphatic rings. The predicted octanol–water partition coefficient (Wildman–Crippen LogP) is 2.64. The Bertz CT molecular complexity index is 612. The van der Waals surface area contributed by atoms with Crippen LogP contribution in [-0.2, 0) is 6.42 Å². The standard InChI is InChI=1S/C15H14F2N2O/c1-10-8-13(17)14(19-9-10)15(20)18-7-6-11-2-4-12(16)5-3-11/h2-5,8-9H,6-7H2,1H3,(H,18,20). The van der Waals surface area contributed by atoms with Gasteiger partial charge in [0.25, 0.3) is 5.91 Å². The fourth-order valence-electron chi connectivity index (χ4n) is 1.76. The SMILES string of the molecule is Cc1cnc(C(=O)NCCc2ccc(F)cc2)c(F)c1. The first-order valence-electron chi connectivity index (χ1n) is 6.21. The zero-order valence-corrected chi connectivity index (χ0v) is 11.0. The van der Waals surface area contributed by atoms with Crippen LogP contribution < -0.4 is 5.32 Å². The smallest absolute Gasteiger partial charge is 0.272 e. The molecule has 0 atom stereocenters. The Morgan fingerprint density at radius 1 is 1.25 bits per heavy atom. The number of hydrogen-bond donors (Lipinski definition) is 1. The summed E-state index contributed by atoms with van der Waals surface area (Å²) in [5, 5.41) is 2.59. The number of carbonyl (C=O) groups excluding carboxylic acids is 1. The van der Waals surface area contributed by atoms with E-state index in [9.17, 15) is 13.6 Å². The van der Waals surface area contributed by atoms with E-state index in [1.165, 1.54) is 24.4 Å². The highest BCUT2D eigenvalue weighted by molar-refractivity contribution is 5.92. The topological polar surface area (TPSA) is 42.0 Å². The van der Waals surface area contributed by atoms with Gasteiger partial charge in [0.15, 0.2) is 11.5 Å². The Balaban J connectivity index is 1.90. The van der Waals surface area contributed by atoms with Crippen LogP contribution >= 0.6 is 0 Å². The Morgan fingerprint density at radius 3 is 2.60 bits per heavy atom. The third-order valence-corrected chi connectivity index (χ3v) is 2.81. The van der Waals surface area contributed by atoms with Crippen LogP contribution in [0.1, 0.15) is 21.6 Å². The lowest BCUT2D eigenvalue weighted by atomic mass is 10.1. The quantitative estimate of drug-likeness (QED) is 0.932. The first-order chi connectivity index (χ1) is 9.56. The van der Waals surface area contributed by atoms with E-state index in [0.717, 1.165) is 5.56 Å². The van der Waals surface area contributed by atoms with Crippen molar-refractivity contribution in [3.63, 3.8) is 0 Å². The molecule has 0 radical (unpaired) electrons. The molecule has 0 saturated heterocycles. The summed E-state index contributed by atoms with van der Waals surface area (Å²) in [5.41, 5.74) is 1.34. The van der Waals surface area contributed by atoms with Gasteiger partial charge in [0.2, 0.25) is 0 Å². The molecule has 0 aliphatic heterocycles. The maximum absolute atomic E-state index is 13.5. The highest BCUT2D eigenvalue weighted by atomic mass is 19.1. The fourth-order valence-corrected chi connectivity index (χ4v) is 1.76. The van der Waals surface area contributed by atoms with Crippen LogP contribution in [0.25, 0.3) is 0 Å². The van der Waals surface area contributed by atoms with Crippen molar-refractivity contribution in [1.29, 1.82) is 0 Å². The average molecular weight is 276 g/mol. The monoisotopic (exact) mass is 276 g/mol. The Labute approximate surface area is 115 Å². The number of hydrogen-bond acceptors (Lipinski definition) is 2. The van der Waals surface area contributed by atoms with Gasteiger partial charge >= 0.3 is 0 Å². The summed E-state index contributed by atoms with van der Waals surface area (Å²) in [6.45, 7) is 2.03. The van der Waals surface area contributed by atoms with E-state index in [-0.39, 0.29) is 11.5 Å². The number of nitrogens with zero attached hydrogens (tertiary/aromatic N) is 1. The molecule has 0 saturated carbocycles. The van der Waals surface area contributed by atoms with E-state index >= 15 is 0 Å². The molecule has 5 heteroatoms. The third-order valence-electron chi connectivity index (χ3n) is 2.81. The average Bonchev–Trinajstić information content (AvgIpc) is 2.41. The van der Waals surface area contributed by atoms with Gasteiger partial charge in [0.1, 0.15) is 5.82 Å². The second-order valence-corrected chi connectivity index (χ2v) is 4.48. The van der Waals surface area contributed by atoms with Crippen LogP contribution in [0.4, 0.5) is 8.78 Å². The lowest BCUT2D eigenvalue weighted by Gasteiger charge is -2.06.